The lowest BCUT2D eigenvalue weighted by atomic mass is 10.0. The summed E-state index contributed by atoms with van der Waals surface area (Å²) in [5.74, 6) is -3.37. The minimum Gasteiger partial charge on any atom is -0.467 e. The number of rotatable bonds is 17. The van der Waals surface area contributed by atoms with Gasteiger partial charge >= 0.3 is 5.97 Å². The van der Waals surface area contributed by atoms with Crippen LogP contribution in [0.2, 0.25) is 0 Å². The van der Waals surface area contributed by atoms with E-state index in [1.54, 1.807) is 48.5 Å². The molecule has 0 spiro atoms. The highest BCUT2D eigenvalue weighted by molar-refractivity contribution is 6.38. The second kappa shape index (κ2) is 19.8. The zero-order valence-electron chi connectivity index (χ0n) is 29.0. The first kappa shape index (κ1) is 38.5. The van der Waals surface area contributed by atoms with Crippen molar-refractivity contribution in [1.82, 2.24) is 21.3 Å². The predicted octanol–water partition coefficient (Wildman–Crippen LogP) is 2.92. The molecule has 4 amide bonds. The van der Waals surface area contributed by atoms with E-state index < -0.39 is 53.8 Å². The molecule has 0 fully saturated rings. The van der Waals surface area contributed by atoms with Gasteiger partial charge in [-0.1, -0.05) is 126 Å². The Balaban J connectivity index is 1.62. The molecule has 0 unspecified atom stereocenters. The molecule has 0 radical (unpaired) electrons. The smallest absolute Gasteiger partial charge is 0.328 e. The Morgan fingerprint density at radius 2 is 0.808 bits per heavy atom. The van der Waals surface area contributed by atoms with Crippen molar-refractivity contribution in [2.75, 3.05) is 7.11 Å². The van der Waals surface area contributed by atoms with E-state index in [1.807, 2.05) is 72.8 Å². The van der Waals surface area contributed by atoms with E-state index in [4.69, 9.17) is 9.94 Å². The number of amides is 4. The molecule has 0 aliphatic heterocycles. The van der Waals surface area contributed by atoms with Crippen molar-refractivity contribution in [3.05, 3.63) is 144 Å². The number of esters is 1. The molecule has 0 bridgehead atoms. The Morgan fingerprint density at radius 1 is 0.519 bits per heavy atom. The maximum Gasteiger partial charge on any atom is 0.328 e. The van der Waals surface area contributed by atoms with Gasteiger partial charge in [-0.05, 0) is 29.2 Å². The molecular formula is C40H43N5O7. The molecule has 0 saturated heterocycles. The van der Waals surface area contributed by atoms with Gasteiger partial charge in [-0.15, -0.1) is 0 Å². The van der Waals surface area contributed by atoms with Crippen molar-refractivity contribution in [1.29, 1.82) is 0 Å². The molecule has 52 heavy (non-hydrogen) atoms. The van der Waals surface area contributed by atoms with E-state index in [0.29, 0.717) is 0 Å². The normalized spacial score (nSPS) is 13.4. The van der Waals surface area contributed by atoms with Crippen molar-refractivity contribution < 1.29 is 33.9 Å². The molecule has 0 heterocycles. The van der Waals surface area contributed by atoms with Crippen LogP contribution in [0.25, 0.3) is 0 Å². The topological polar surface area (TPSA) is 175 Å². The summed E-state index contributed by atoms with van der Waals surface area (Å²) in [5, 5.41) is 23.0. The fourth-order valence-corrected chi connectivity index (χ4v) is 5.49. The van der Waals surface area contributed by atoms with Crippen LogP contribution in [0.3, 0.4) is 0 Å². The number of nitrogens with one attached hydrogen (secondary N) is 4. The zero-order valence-corrected chi connectivity index (χ0v) is 29.0. The molecule has 0 aliphatic carbocycles. The Bertz CT molecular complexity index is 1810. The highest BCUT2D eigenvalue weighted by atomic mass is 16.5. The Labute approximate surface area is 302 Å². The van der Waals surface area contributed by atoms with E-state index in [2.05, 4.69) is 26.4 Å². The van der Waals surface area contributed by atoms with Crippen molar-refractivity contribution in [3.63, 3.8) is 0 Å². The predicted molar refractivity (Wildman–Crippen MR) is 195 cm³/mol. The number of carbonyl (C=O) groups excluding carboxylic acids is 5. The average molecular weight is 706 g/mol. The summed E-state index contributed by atoms with van der Waals surface area (Å²) < 4.78 is 4.99. The van der Waals surface area contributed by atoms with E-state index in [9.17, 15) is 24.0 Å². The van der Waals surface area contributed by atoms with Crippen LogP contribution in [-0.2, 0) is 54.4 Å². The Hall–Kier alpha value is -6.30. The number of ether oxygens (including phenoxy) is 1. The van der Waals surface area contributed by atoms with Gasteiger partial charge < -0.3 is 31.2 Å². The summed E-state index contributed by atoms with van der Waals surface area (Å²) in [5.41, 5.74) is 2.76. The van der Waals surface area contributed by atoms with E-state index in [-0.39, 0.29) is 31.4 Å². The monoisotopic (exact) mass is 705 g/mol. The van der Waals surface area contributed by atoms with Crippen molar-refractivity contribution in [3.8, 4) is 0 Å². The fraction of sp³-hybridized carbons (Fsp3) is 0.250. The van der Waals surface area contributed by atoms with Gasteiger partial charge in [0, 0.05) is 25.7 Å². The van der Waals surface area contributed by atoms with Gasteiger partial charge in [0.05, 0.1) is 7.11 Å². The standard InChI is InChI=1S/C40H43N5O7/c1-27(45-51)36(46)41-32(23-28-15-7-3-8-16-28)37(47)42-33(24-29-17-9-4-10-18-29)38(48)43-34(25-30-19-11-5-12-20-30)39(49)44-35(40(50)52-2)26-31-21-13-6-14-22-31/h3-22,32-35,51H,23-26H2,1-2H3,(H,41,46)(H,42,47)(H,43,48)(H,44,49)/b45-27-/t32-,33-,34-,35-/m0/s1. The SMILES string of the molecule is COC(=O)[C@H](Cc1ccccc1)NC(=O)[C@H](Cc1ccccc1)NC(=O)[C@H](Cc1ccccc1)NC(=O)[C@H](Cc1ccccc1)NC(=O)/C(C)=N\O. The third-order valence-corrected chi connectivity index (χ3v) is 8.30. The molecule has 12 nitrogen and oxygen atoms in total. The van der Waals surface area contributed by atoms with Crippen LogP contribution in [0.4, 0.5) is 0 Å². The van der Waals surface area contributed by atoms with Crippen LogP contribution in [0, 0.1) is 0 Å². The number of hydrogen-bond acceptors (Lipinski definition) is 8. The van der Waals surface area contributed by atoms with Crippen molar-refractivity contribution >= 4 is 35.3 Å². The van der Waals surface area contributed by atoms with Crippen LogP contribution in [0.1, 0.15) is 29.2 Å². The van der Waals surface area contributed by atoms with Crippen LogP contribution in [0.5, 0.6) is 0 Å². The summed E-state index contributed by atoms with van der Waals surface area (Å²) in [6, 6.07) is 31.7. The lowest BCUT2D eigenvalue weighted by Gasteiger charge is -2.26. The van der Waals surface area contributed by atoms with Gasteiger partial charge in [0.1, 0.15) is 29.9 Å². The summed E-state index contributed by atoms with van der Waals surface area (Å²) in [6.45, 7) is 1.29. The molecule has 5 N–H and O–H groups in total. The molecule has 0 aliphatic rings. The Kier molecular flexibility index (Phi) is 14.6. The van der Waals surface area contributed by atoms with Gasteiger partial charge in [0.15, 0.2) is 0 Å². The lowest BCUT2D eigenvalue weighted by Crippen LogP contribution is -2.59. The quantitative estimate of drug-likeness (QED) is 0.0486. The number of oxime groups is 1. The minimum absolute atomic E-state index is 0.0556. The van der Waals surface area contributed by atoms with Gasteiger partial charge in [-0.25, -0.2) is 4.79 Å². The number of benzene rings is 4. The van der Waals surface area contributed by atoms with E-state index in [0.717, 1.165) is 22.3 Å². The third kappa shape index (κ3) is 11.9. The van der Waals surface area contributed by atoms with Crippen molar-refractivity contribution in [2.24, 2.45) is 5.16 Å². The minimum atomic E-state index is -1.19. The molecule has 4 rings (SSSR count). The summed E-state index contributed by atoms with van der Waals surface area (Å²) in [4.78, 5) is 67.5. The van der Waals surface area contributed by atoms with Crippen LogP contribution in [0.15, 0.2) is 126 Å². The van der Waals surface area contributed by atoms with Crippen LogP contribution < -0.4 is 21.3 Å². The first-order chi connectivity index (χ1) is 25.2. The number of nitrogens with zero attached hydrogens (tertiary/aromatic N) is 1. The summed E-state index contributed by atoms with van der Waals surface area (Å²) in [7, 11) is 1.23. The number of carbonyl (C=O) groups is 5. The summed E-state index contributed by atoms with van der Waals surface area (Å²) >= 11 is 0. The number of hydrogen-bond donors (Lipinski definition) is 5. The number of methoxy groups -OCH3 is 1. The largest absolute Gasteiger partial charge is 0.467 e. The molecule has 4 aromatic carbocycles. The summed E-state index contributed by atoms with van der Waals surface area (Å²) in [6.07, 6.45) is 0.370. The van der Waals surface area contributed by atoms with Gasteiger partial charge in [-0.3, -0.25) is 19.2 Å². The Morgan fingerprint density at radius 3 is 1.12 bits per heavy atom. The first-order valence-corrected chi connectivity index (χ1v) is 16.8. The second-order valence-corrected chi connectivity index (χ2v) is 12.2. The highest BCUT2D eigenvalue weighted by Gasteiger charge is 2.32. The van der Waals surface area contributed by atoms with Crippen molar-refractivity contribution in [2.45, 2.75) is 56.8 Å². The van der Waals surface area contributed by atoms with E-state index >= 15 is 0 Å². The average Bonchev–Trinajstić information content (AvgIpc) is 3.17. The molecule has 4 aromatic rings. The molecule has 270 valence electrons. The van der Waals surface area contributed by atoms with Gasteiger partial charge in [0.2, 0.25) is 17.7 Å². The molecule has 12 heteroatoms. The zero-order chi connectivity index (χ0) is 37.3. The molecular weight excluding hydrogens is 662 g/mol. The maximum absolute atomic E-state index is 14.2. The second-order valence-electron chi connectivity index (χ2n) is 12.2. The fourth-order valence-electron chi connectivity index (χ4n) is 5.49. The lowest BCUT2D eigenvalue weighted by molar-refractivity contribution is -0.145. The molecule has 0 saturated carbocycles. The maximum atomic E-state index is 14.2. The molecule has 0 aromatic heterocycles. The molecule has 4 atom stereocenters. The van der Waals surface area contributed by atoms with Crippen LogP contribution in [-0.4, -0.2) is 71.8 Å². The van der Waals surface area contributed by atoms with Gasteiger partial charge in [0.25, 0.3) is 5.91 Å². The van der Waals surface area contributed by atoms with E-state index in [1.165, 1.54) is 14.0 Å². The van der Waals surface area contributed by atoms with Crippen LogP contribution >= 0.6 is 0 Å². The highest BCUT2D eigenvalue weighted by Crippen LogP contribution is 2.11. The van der Waals surface area contributed by atoms with Gasteiger partial charge in [-0.2, -0.15) is 0 Å². The first-order valence-electron chi connectivity index (χ1n) is 16.8. The third-order valence-electron chi connectivity index (χ3n) is 8.30.